The largest absolute Gasteiger partial charge is 0.479 e. The van der Waals surface area contributed by atoms with Crippen LogP contribution in [-0.2, 0) is 9.53 Å². The number of carbonyl (C=O) groups is 1. The molecule has 0 bridgehead atoms. The fourth-order valence-electron chi connectivity index (χ4n) is 3.05. The van der Waals surface area contributed by atoms with Crippen LogP contribution < -0.4 is 0 Å². The lowest BCUT2D eigenvalue weighted by Crippen LogP contribution is -2.43. The molecule has 1 N–H and O–H groups in total. The minimum absolute atomic E-state index is 0.612. The predicted octanol–water partition coefficient (Wildman–Crippen LogP) is 4.93. The lowest BCUT2D eigenvalue weighted by atomic mass is 9.84. The lowest BCUT2D eigenvalue weighted by Gasteiger charge is -2.33. The lowest BCUT2D eigenvalue weighted by molar-refractivity contribution is -0.171. The number of unbranched alkanes of at least 4 members (excludes halogenated alkanes) is 7. The van der Waals surface area contributed by atoms with Crippen LogP contribution in [0, 0.1) is 0 Å². The number of hydrogen-bond acceptors (Lipinski definition) is 2. The Bertz CT molecular complexity index is 257. The SMILES string of the molecule is CCCCCCCCCCOC1(C(=O)O)CCCCC1. The minimum Gasteiger partial charge on any atom is -0.479 e. The Morgan fingerprint density at radius 1 is 0.950 bits per heavy atom. The summed E-state index contributed by atoms with van der Waals surface area (Å²) in [6.07, 6.45) is 14.6. The van der Waals surface area contributed by atoms with E-state index in [2.05, 4.69) is 6.92 Å². The summed E-state index contributed by atoms with van der Waals surface area (Å²) in [5, 5.41) is 9.39. The van der Waals surface area contributed by atoms with E-state index in [-0.39, 0.29) is 0 Å². The molecule has 0 atom stereocenters. The second-order valence-electron chi connectivity index (χ2n) is 6.18. The maximum atomic E-state index is 11.4. The quantitative estimate of drug-likeness (QED) is 0.547. The number of aliphatic carboxylic acids is 1. The van der Waals surface area contributed by atoms with Crippen molar-refractivity contribution >= 4 is 5.97 Å². The van der Waals surface area contributed by atoms with Crippen LogP contribution in [0.25, 0.3) is 0 Å². The molecule has 0 unspecified atom stereocenters. The number of hydrogen-bond donors (Lipinski definition) is 1. The highest BCUT2D eigenvalue weighted by Gasteiger charge is 2.40. The van der Waals surface area contributed by atoms with Crippen molar-refractivity contribution in [2.45, 2.75) is 96.0 Å². The van der Waals surface area contributed by atoms with Crippen LogP contribution in [0.5, 0.6) is 0 Å². The zero-order valence-corrected chi connectivity index (χ0v) is 13.2. The van der Waals surface area contributed by atoms with Gasteiger partial charge >= 0.3 is 5.97 Å². The molecule has 0 saturated heterocycles. The summed E-state index contributed by atoms with van der Waals surface area (Å²) in [4.78, 5) is 11.4. The molecule has 0 aromatic rings. The summed E-state index contributed by atoms with van der Waals surface area (Å²) >= 11 is 0. The average molecular weight is 284 g/mol. The molecule has 1 rings (SSSR count). The molecule has 118 valence electrons. The van der Waals surface area contributed by atoms with Gasteiger partial charge in [0.1, 0.15) is 0 Å². The van der Waals surface area contributed by atoms with E-state index in [4.69, 9.17) is 4.74 Å². The van der Waals surface area contributed by atoms with Gasteiger partial charge in [-0.1, -0.05) is 58.3 Å². The van der Waals surface area contributed by atoms with Gasteiger partial charge in [0, 0.05) is 6.61 Å². The number of rotatable bonds is 11. The van der Waals surface area contributed by atoms with Crippen molar-refractivity contribution in [3.05, 3.63) is 0 Å². The molecule has 3 heteroatoms. The Balaban J connectivity index is 2.05. The van der Waals surface area contributed by atoms with Gasteiger partial charge in [-0.15, -0.1) is 0 Å². The van der Waals surface area contributed by atoms with Crippen molar-refractivity contribution in [1.82, 2.24) is 0 Å². The van der Waals surface area contributed by atoms with Crippen molar-refractivity contribution in [2.24, 2.45) is 0 Å². The van der Waals surface area contributed by atoms with Gasteiger partial charge in [-0.25, -0.2) is 4.79 Å². The van der Waals surface area contributed by atoms with Gasteiger partial charge in [0.05, 0.1) is 0 Å². The molecule has 3 nitrogen and oxygen atoms in total. The molecule has 1 aliphatic carbocycles. The molecule has 20 heavy (non-hydrogen) atoms. The van der Waals surface area contributed by atoms with E-state index in [0.717, 1.165) is 25.7 Å². The zero-order valence-electron chi connectivity index (χ0n) is 13.2. The molecule has 0 aromatic heterocycles. The van der Waals surface area contributed by atoms with Gasteiger partial charge < -0.3 is 9.84 Å². The predicted molar refractivity (Wildman–Crippen MR) is 82.0 cm³/mol. The molecule has 1 fully saturated rings. The first-order valence-corrected chi connectivity index (χ1v) is 8.58. The van der Waals surface area contributed by atoms with Crippen LogP contribution in [0.2, 0.25) is 0 Å². The number of ether oxygens (including phenoxy) is 1. The van der Waals surface area contributed by atoms with Gasteiger partial charge in [-0.2, -0.15) is 0 Å². The van der Waals surface area contributed by atoms with Crippen molar-refractivity contribution in [3.8, 4) is 0 Å². The van der Waals surface area contributed by atoms with E-state index in [0.29, 0.717) is 19.4 Å². The van der Waals surface area contributed by atoms with Gasteiger partial charge in [0.15, 0.2) is 5.60 Å². The fourth-order valence-corrected chi connectivity index (χ4v) is 3.05. The van der Waals surface area contributed by atoms with Gasteiger partial charge in [-0.05, 0) is 32.1 Å². The minimum atomic E-state index is -0.862. The Morgan fingerprint density at radius 3 is 2.05 bits per heavy atom. The van der Waals surface area contributed by atoms with Crippen LogP contribution in [0.15, 0.2) is 0 Å². The van der Waals surface area contributed by atoms with Gasteiger partial charge in [0.2, 0.25) is 0 Å². The number of carboxylic acids is 1. The van der Waals surface area contributed by atoms with Gasteiger partial charge in [0.25, 0.3) is 0 Å². The third-order valence-electron chi connectivity index (χ3n) is 4.43. The zero-order chi connectivity index (χ0) is 14.7. The highest BCUT2D eigenvalue weighted by molar-refractivity contribution is 5.77. The number of carboxylic acid groups (broad SMARTS) is 1. The Morgan fingerprint density at radius 2 is 1.50 bits per heavy atom. The molecular formula is C17H32O3. The van der Waals surface area contributed by atoms with Crippen LogP contribution in [-0.4, -0.2) is 23.3 Å². The summed E-state index contributed by atoms with van der Waals surface area (Å²) in [5.74, 6) is -0.753. The second-order valence-corrected chi connectivity index (χ2v) is 6.18. The Hall–Kier alpha value is -0.570. The first kappa shape index (κ1) is 17.5. The fraction of sp³-hybridized carbons (Fsp3) is 0.941. The van der Waals surface area contributed by atoms with E-state index < -0.39 is 11.6 Å². The van der Waals surface area contributed by atoms with Crippen molar-refractivity contribution in [2.75, 3.05) is 6.61 Å². The third kappa shape index (κ3) is 6.25. The Labute approximate surface area is 124 Å². The monoisotopic (exact) mass is 284 g/mol. The first-order chi connectivity index (χ1) is 9.71. The molecule has 0 aliphatic heterocycles. The molecule has 0 aromatic carbocycles. The Kier molecular flexibility index (Phi) is 8.92. The normalized spacial score (nSPS) is 18.1. The standard InChI is InChI=1S/C17H32O3/c1-2-3-4-5-6-7-8-12-15-20-17(16(18)19)13-10-9-11-14-17/h2-15H2,1H3,(H,18,19). The highest BCUT2D eigenvalue weighted by Crippen LogP contribution is 2.32. The third-order valence-corrected chi connectivity index (χ3v) is 4.43. The summed E-state index contributed by atoms with van der Waals surface area (Å²) in [5.41, 5.74) is -0.862. The molecule has 0 radical (unpaired) electrons. The summed E-state index contributed by atoms with van der Waals surface area (Å²) < 4.78 is 5.78. The average Bonchev–Trinajstić information content (AvgIpc) is 2.46. The van der Waals surface area contributed by atoms with Crippen molar-refractivity contribution < 1.29 is 14.6 Å². The maximum absolute atomic E-state index is 11.4. The molecule has 1 saturated carbocycles. The molecule has 0 spiro atoms. The topological polar surface area (TPSA) is 46.5 Å². The van der Waals surface area contributed by atoms with Crippen molar-refractivity contribution in [1.29, 1.82) is 0 Å². The summed E-state index contributed by atoms with van der Waals surface area (Å²) in [6.45, 7) is 2.85. The van der Waals surface area contributed by atoms with E-state index in [1.807, 2.05) is 0 Å². The maximum Gasteiger partial charge on any atom is 0.335 e. The van der Waals surface area contributed by atoms with E-state index in [9.17, 15) is 9.90 Å². The highest BCUT2D eigenvalue weighted by atomic mass is 16.5. The van der Waals surface area contributed by atoms with Crippen LogP contribution >= 0.6 is 0 Å². The molecule has 1 aliphatic rings. The first-order valence-electron chi connectivity index (χ1n) is 8.58. The van der Waals surface area contributed by atoms with E-state index in [1.54, 1.807) is 0 Å². The summed E-state index contributed by atoms with van der Waals surface area (Å²) in [7, 11) is 0. The molecule has 0 heterocycles. The van der Waals surface area contributed by atoms with Gasteiger partial charge in [-0.3, -0.25) is 0 Å². The van der Waals surface area contributed by atoms with Crippen LogP contribution in [0.4, 0.5) is 0 Å². The van der Waals surface area contributed by atoms with Crippen molar-refractivity contribution in [3.63, 3.8) is 0 Å². The van der Waals surface area contributed by atoms with Crippen LogP contribution in [0.1, 0.15) is 90.4 Å². The smallest absolute Gasteiger partial charge is 0.335 e. The van der Waals surface area contributed by atoms with E-state index >= 15 is 0 Å². The summed E-state index contributed by atoms with van der Waals surface area (Å²) in [6, 6.07) is 0. The second kappa shape index (κ2) is 10.2. The molecule has 0 amide bonds. The van der Waals surface area contributed by atoms with Crippen LogP contribution in [0.3, 0.4) is 0 Å². The van der Waals surface area contributed by atoms with E-state index in [1.165, 1.54) is 44.9 Å². The molecular weight excluding hydrogens is 252 g/mol.